The Morgan fingerprint density at radius 3 is 1.25 bits per heavy atom. The van der Waals surface area contributed by atoms with Gasteiger partial charge in [0.05, 0.1) is 6.61 Å². The van der Waals surface area contributed by atoms with Crippen LogP contribution in [0.5, 0.6) is 0 Å². The van der Waals surface area contributed by atoms with Gasteiger partial charge in [0.2, 0.25) is 0 Å². The Hall–Kier alpha value is -3.32. The minimum Gasteiger partial charge on any atom is -0.479 e. The Labute approximate surface area is 456 Å². The van der Waals surface area contributed by atoms with Crippen LogP contribution in [0.2, 0.25) is 0 Å². The molecule has 1 saturated heterocycles. The van der Waals surface area contributed by atoms with Crippen LogP contribution < -0.4 is 0 Å². The predicted molar refractivity (Wildman–Crippen MR) is 303 cm³/mol. The van der Waals surface area contributed by atoms with Gasteiger partial charge < -0.3 is 39.0 Å². The number of allylic oxidation sites excluding steroid dienone is 8. The molecule has 6 atom stereocenters. The van der Waals surface area contributed by atoms with E-state index in [2.05, 4.69) is 69.4 Å². The number of carboxylic acids is 1. The number of ether oxygens (including phenoxy) is 5. The van der Waals surface area contributed by atoms with E-state index < -0.39 is 67.3 Å². The summed E-state index contributed by atoms with van der Waals surface area (Å²) in [5, 5.41) is 31.4. The molecule has 1 aliphatic rings. The highest BCUT2D eigenvalue weighted by Gasteiger charge is 2.50. The van der Waals surface area contributed by atoms with Gasteiger partial charge in [0.15, 0.2) is 24.6 Å². The summed E-state index contributed by atoms with van der Waals surface area (Å²) in [5.41, 5.74) is 0. The largest absolute Gasteiger partial charge is 0.479 e. The van der Waals surface area contributed by atoms with Crippen LogP contribution in [0.4, 0.5) is 0 Å². The Morgan fingerprint density at radius 2 is 0.800 bits per heavy atom. The molecule has 0 amide bonds. The van der Waals surface area contributed by atoms with Gasteiger partial charge in [-0.1, -0.05) is 223 Å². The lowest BCUT2D eigenvalue weighted by Gasteiger charge is -2.40. The smallest absolute Gasteiger partial charge is 0.335 e. The third-order valence-electron chi connectivity index (χ3n) is 13.9. The molecule has 0 aromatic heterocycles. The number of carbonyl (C=O) groups excluding carboxylic acids is 3. The summed E-state index contributed by atoms with van der Waals surface area (Å²) < 4.78 is 28.4. The number of hydrogen-bond donors (Lipinski definition) is 3. The maximum absolute atomic E-state index is 13.2. The van der Waals surface area contributed by atoms with Crippen molar-refractivity contribution in [3.63, 3.8) is 0 Å². The van der Waals surface area contributed by atoms with Crippen LogP contribution in [0.1, 0.15) is 278 Å². The molecule has 12 heteroatoms. The van der Waals surface area contributed by atoms with Crippen LogP contribution in [-0.2, 0) is 42.9 Å². The fourth-order valence-electron chi connectivity index (χ4n) is 9.13. The first kappa shape index (κ1) is 69.7. The van der Waals surface area contributed by atoms with Gasteiger partial charge in [-0.15, -0.1) is 0 Å². The molecule has 434 valence electrons. The zero-order chi connectivity index (χ0) is 54.7. The van der Waals surface area contributed by atoms with Gasteiger partial charge in [-0.3, -0.25) is 14.4 Å². The van der Waals surface area contributed by atoms with Crippen molar-refractivity contribution in [3.05, 3.63) is 48.6 Å². The zero-order valence-corrected chi connectivity index (χ0v) is 47.8. The minimum absolute atomic E-state index is 0.0608. The number of hydrogen-bond acceptors (Lipinski definition) is 11. The highest BCUT2D eigenvalue weighted by atomic mass is 16.7. The number of esters is 3. The zero-order valence-electron chi connectivity index (χ0n) is 47.8. The van der Waals surface area contributed by atoms with E-state index in [1.54, 1.807) is 0 Å². The number of carboxylic acid groups (broad SMARTS) is 1. The first-order chi connectivity index (χ1) is 36.6. The van der Waals surface area contributed by atoms with Crippen molar-refractivity contribution in [1.29, 1.82) is 0 Å². The normalized spacial score (nSPS) is 18.4. The van der Waals surface area contributed by atoms with E-state index in [0.717, 1.165) is 109 Å². The second kappa shape index (κ2) is 51.4. The van der Waals surface area contributed by atoms with Crippen molar-refractivity contribution in [3.8, 4) is 0 Å². The maximum atomic E-state index is 13.2. The maximum Gasteiger partial charge on any atom is 0.335 e. The van der Waals surface area contributed by atoms with Crippen LogP contribution in [0.3, 0.4) is 0 Å². The highest BCUT2D eigenvalue weighted by molar-refractivity contribution is 5.74. The summed E-state index contributed by atoms with van der Waals surface area (Å²) >= 11 is 0. The van der Waals surface area contributed by atoms with Crippen molar-refractivity contribution in [1.82, 2.24) is 0 Å². The third kappa shape index (κ3) is 41.5. The Bertz CT molecular complexity index is 1490. The molecular weight excluding hydrogens is 949 g/mol. The second-order valence-electron chi connectivity index (χ2n) is 21.0. The van der Waals surface area contributed by atoms with Gasteiger partial charge >= 0.3 is 23.9 Å². The molecule has 0 spiro atoms. The minimum atomic E-state index is -1.90. The summed E-state index contributed by atoms with van der Waals surface area (Å²) in [5.74, 6) is -3.12. The highest BCUT2D eigenvalue weighted by Crippen LogP contribution is 2.26. The third-order valence-corrected chi connectivity index (χ3v) is 13.9. The molecule has 0 aromatic carbocycles. The van der Waals surface area contributed by atoms with E-state index in [1.807, 2.05) is 0 Å². The second-order valence-corrected chi connectivity index (χ2v) is 21.0. The first-order valence-corrected chi connectivity index (χ1v) is 30.6. The number of aliphatic hydroxyl groups is 2. The van der Waals surface area contributed by atoms with E-state index in [-0.39, 0.29) is 25.9 Å². The lowest BCUT2D eigenvalue weighted by molar-refractivity contribution is -0.301. The van der Waals surface area contributed by atoms with E-state index >= 15 is 0 Å². The summed E-state index contributed by atoms with van der Waals surface area (Å²) in [6, 6.07) is 0. The molecule has 0 saturated carbocycles. The number of unbranched alkanes of at least 4 members (excludes halogenated alkanes) is 30. The van der Waals surface area contributed by atoms with E-state index in [4.69, 9.17) is 23.7 Å². The van der Waals surface area contributed by atoms with Crippen LogP contribution in [0.15, 0.2) is 48.6 Å². The number of aliphatic hydroxyl groups excluding tert-OH is 2. The first-order valence-electron chi connectivity index (χ1n) is 30.6. The molecule has 0 bridgehead atoms. The molecule has 1 fully saturated rings. The molecular formula is C63H110O12. The fraction of sp³-hybridized carbons (Fsp3) is 0.810. The van der Waals surface area contributed by atoms with Gasteiger partial charge in [-0.2, -0.15) is 0 Å². The molecule has 0 radical (unpaired) electrons. The molecule has 6 unspecified atom stereocenters. The van der Waals surface area contributed by atoms with E-state index in [0.29, 0.717) is 19.3 Å². The summed E-state index contributed by atoms with van der Waals surface area (Å²) in [6.07, 6.45) is 49.5. The average Bonchev–Trinajstić information content (AvgIpc) is 3.39. The van der Waals surface area contributed by atoms with Gasteiger partial charge in [0, 0.05) is 19.3 Å². The van der Waals surface area contributed by atoms with Crippen LogP contribution in [0.25, 0.3) is 0 Å². The lowest BCUT2D eigenvalue weighted by atomic mass is 9.98. The summed E-state index contributed by atoms with van der Waals surface area (Å²) in [7, 11) is 0. The van der Waals surface area contributed by atoms with Crippen LogP contribution in [0, 0.1) is 0 Å². The lowest BCUT2D eigenvalue weighted by Crippen LogP contribution is -2.61. The number of aliphatic carboxylic acids is 1. The van der Waals surface area contributed by atoms with Crippen molar-refractivity contribution < 1.29 is 58.2 Å². The Balaban J connectivity index is 2.66. The van der Waals surface area contributed by atoms with Gasteiger partial charge in [0.1, 0.15) is 18.8 Å². The van der Waals surface area contributed by atoms with Crippen molar-refractivity contribution >= 4 is 23.9 Å². The SMILES string of the molecule is CCCCC/C=C\C/C=C\C/C=C\CCCCCCCCC(=O)OCC(COC1OC(C(=O)O)C(O)C(O)C1OC(=O)CCCCCCCCCCC)OC(=O)CCCCCCCCC/C=C\CCCCCCCC. The Kier molecular flexibility index (Phi) is 47.8. The average molecular weight is 1060 g/mol. The van der Waals surface area contributed by atoms with E-state index in [9.17, 15) is 34.5 Å². The quantitative estimate of drug-likeness (QED) is 0.0228. The number of carbonyl (C=O) groups is 4. The molecule has 12 nitrogen and oxygen atoms in total. The molecule has 3 N–H and O–H groups in total. The van der Waals surface area contributed by atoms with Gasteiger partial charge in [-0.05, 0) is 83.5 Å². The topological polar surface area (TPSA) is 175 Å². The predicted octanol–water partition coefficient (Wildman–Crippen LogP) is 15.8. The number of rotatable bonds is 52. The van der Waals surface area contributed by atoms with Gasteiger partial charge in [0.25, 0.3) is 0 Å². The van der Waals surface area contributed by atoms with Crippen LogP contribution >= 0.6 is 0 Å². The van der Waals surface area contributed by atoms with Crippen molar-refractivity contribution in [2.45, 2.75) is 314 Å². The summed E-state index contributed by atoms with van der Waals surface area (Å²) in [4.78, 5) is 51.1. The molecule has 0 aromatic rings. The monoisotopic (exact) mass is 1060 g/mol. The molecule has 1 aliphatic heterocycles. The Morgan fingerprint density at radius 1 is 0.440 bits per heavy atom. The fourth-order valence-corrected chi connectivity index (χ4v) is 9.13. The van der Waals surface area contributed by atoms with Gasteiger partial charge in [-0.25, -0.2) is 4.79 Å². The molecule has 75 heavy (non-hydrogen) atoms. The standard InChI is InChI=1S/C63H110O12/c1-4-7-10-13-16-19-21-23-25-27-28-30-31-33-35-38-40-43-46-49-55(64)71-52-54(73-56(65)50-47-44-42-39-36-34-32-29-26-24-22-20-17-14-11-8-5-2)53-72-63-61(59(68)58(67)60(75-63)62(69)70)74-57(66)51-48-45-41-37-18-15-12-9-6-3/h16,19,23-26,28,30,54,58-61,63,67-68H,4-15,17-18,20-22,27,29,31-53H2,1-3H3,(H,69,70)/b19-16-,25-23-,26-24-,30-28-. The molecule has 1 heterocycles. The van der Waals surface area contributed by atoms with Crippen molar-refractivity contribution in [2.75, 3.05) is 13.2 Å². The molecule has 1 rings (SSSR count). The van der Waals surface area contributed by atoms with E-state index in [1.165, 1.54) is 109 Å². The molecule has 0 aliphatic carbocycles. The summed E-state index contributed by atoms with van der Waals surface area (Å²) in [6.45, 7) is 5.93. The van der Waals surface area contributed by atoms with Crippen molar-refractivity contribution in [2.24, 2.45) is 0 Å². The van der Waals surface area contributed by atoms with Crippen LogP contribution in [-0.4, -0.2) is 89.2 Å².